The van der Waals surface area contributed by atoms with Gasteiger partial charge in [0, 0.05) is 6.54 Å². The summed E-state index contributed by atoms with van der Waals surface area (Å²) in [4.78, 5) is 4.52. The fraction of sp³-hybridized carbons (Fsp3) is 0.462. The first-order valence-electron chi connectivity index (χ1n) is 6.20. The van der Waals surface area contributed by atoms with Crippen molar-refractivity contribution in [2.45, 2.75) is 26.4 Å². The Morgan fingerprint density at radius 1 is 1.44 bits per heavy atom. The predicted octanol–water partition coefficient (Wildman–Crippen LogP) is 2.84. The second kappa shape index (κ2) is 6.02. The fourth-order valence-electron chi connectivity index (χ4n) is 1.62. The normalized spacial score (nSPS) is 11.1. The molecule has 0 unspecified atom stereocenters. The van der Waals surface area contributed by atoms with E-state index in [1.165, 1.54) is 0 Å². The molecule has 1 heterocycles. The Morgan fingerprint density at radius 3 is 3.00 bits per heavy atom. The van der Waals surface area contributed by atoms with Gasteiger partial charge in [-0.2, -0.15) is 0 Å². The van der Waals surface area contributed by atoms with Crippen molar-refractivity contribution >= 4 is 26.7 Å². The van der Waals surface area contributed by atoms with Gasteiger partial charge in [0.25, 0.3) is 0 Å². The lowest BCUT2D eigenvalue weighted by atomic mass is 10.3. The zero-order valence-corrected chi connectivity index (χ0v) is 11.6. The summed E-state index contributed by atoms with van der Waals surface area (Å²) in [6.45, 7) is 5.61. The summed E-state index contributed by atoms with van der Waals surface area (Å²) in [7, 11) is 0. The van der Waals surface area contributed by atoms with Gasteiger partial charge in [0.05, 0.1) is 16.3 Å². The third-order valence-corrected chi connectivity index (χ3v) is 3.36. The molecule has 2 rings (SSSR count). The van der Waals surface area contributed by atoms with Crippen LogP contribution in [-0.4, -0.2) is 24.2 Å². The van der Waals surface area contributed by atoms with Gasteiger partial charge in [0.2, 0.25) is 0 Å². The quantitative estimate of drug-likeness (QED) is 0.788. The first-order chi connectivity index (χ1) is 8.69. The molecule has 98 valence electrons. The summed E-state index contributed by atoms with van der Waals surface area (Å²) in [6, 6.07) is 6.00. The molecule has 0 saturated carbocycles. The topological polar surface area (TPSA) is 60.2 Å². The molecule has 3 N–H and O–H groups in total. The van der Waals surface area contributed by atoms with E-state index in [2.05, 4.69) is 10.3 Å². The van der Waals surface area contributed by atoms with Crippen LogP contribution in [0.4, 0.5) is 5.13 Å². The minimum atomic E-state index is 0.192. The van der Waals surface area contributed by atoms with Crippen LogP contribution < -0.4 is 15.8 Å². The molecule has 0 atom stereocenters. The van der Waals surface area contributed by atoms with E-state index in [1.807, 2.05) is 32.0 Å². The van der Waals surface area contributed by atoms with Gasteiger partial charge >= 0.3 is 0 Å². The number of nitrogens with zero attached hydrogens (tertiary/aromatic N) is 1. The molecule has 1 aromatic heterocycles. The van der Waals surface area contributed by atoms with Crippen LogP contribution in [0, 0.1) is 0 Å². The van der Waals surface area contributed by atoms with E-state index in [4.69, 9.17) is 10.5 Å². The summed E-state index contributed by atoms with van der Waals surface area (Å²) in [5.74, 6) is 0.898. The molecule has 0 aliphatic rings. The van der Waals surface area contributed by atoms with Crippen LogP contribution in [0.15, 0.2) is 18.2 Å². The van der Waals surface area contributed by atoms with Crippen molar-refractivity contribution < 1.29 is 4.74 Å². The number of nitrogens with one attached hydrogen (secondary N) is 1. The molecule has 1 aromatic carbocycles. The summed E-state index contributed by atoms with van der Waals surface area (Å²) in [5, 5.41) is 4.23. The molecule has 18 heavy (non-hydrogen) atoms. The Kier molecular flexibility index (Phi) is 4.38. The number of ether oxygens (including phenoxy) is 1. The molecule has 5 heteroatoms. The number of anilines is 1. The standard InChI is InChI=1S/C13H19N3OS/c1-9(2)17-10-4-5-11-12(8-10)18-13(16-11)15-7-3-6-14/h4-5,8-9H,3,6-7,14H2,1-2H3,(H,15,16). The number of rotatable bonds is 6. The summed E-state index contributed by atoms with van der Waals surface area (Å²) in [5.41, 5.74) is 6.47. The zero-order chi connectivity index (χ0) is 13.0. The first kappa shape index (κ1) is 13.1. The second-order valence-corrected chi connectivity index (χ2v) is 5.41. The monoisotopic (exact) mass is 265 g/mol. The number of nitrogens with two attached hydrogens (primary N) is 1. The number of fused-ring (bicyclic) bond motifs is 1. The minimum absolute atomic E-state index is 0.192. The highest BCUT2D eigenvalue weighted by molar-refractivity contribution is 7.22. The van der Waals surface area contributed by atoms with Crippen molar-refractivity contribution in [3.05, 3.63) is 18.2 Å². The average Bonchev–Trinajstić information content (AvgIpc) is 2.70. The van der Waals surface area contributed by atoms with Gasteiger partial charge in [-0.1, -0.05) is 11.3 Å². The molecule has 0 aliphatic heterocycles. The van der Waals surface area contributed by atoms with Crippen molar-refractivity contribution in [3.63, 3.8) is 0 Å². The van der Waals surface area contributed by atoms with Crippen molar-refractivity contribution in [3.8, 4) is 5.75 Å². The summed E-state index contributed by atoms with van der Waals surface area (Å²) < 4.78 is 6.81. The van der Waals surface area contributed by atoms with Crippen LogP contribution in [0.2, 0.25) is 0 Å². The van der Waals surface area contributed by atoms with E-state index in [1.54, 1.807) is 11.3 Å². The molecule has 0 radical (unpaired) electrons. The highest BCUT2D eigenvalue weighted by Gasteiger charge is 2.05. The number of hydrogen-bond donors (Lipinski definition) is 2. The Labute approximate surface area is 111 Å². The summed E-state index contributed by atoms with van der Waals surface area (Å²) >= 11 is 1.65. The second-order valence-electron chi connectivity index (χ2n) is 4.38. The van der Waals surface area contributed by atoms with Gasteiger partial charge in [-0.3, -0.25) is 0 Å². The van der Waals surface area contributed by atoms with Crippen molar-refractivity contribution in [1.29, 1.82) is 0 Å². The highest BCUT2D eigenvalue weighted by Crippen LogP contribution is 2.29. The zero-order valence-electron chi connectivity index (χ0n) is 10.8. The molecule has 0 fully saturated rings. The van der Waals surface area contributed by atoms with Crippen LogP contribution in [0.3, 0.4) is 0 Å². The Hall–Kier alpha value is -1.33. The maximum atomic E-state index is 5.67. The van der Waals surface area contributed by atoms with Crippen LogP contribution in [0.5, 0.6) is 5.75 Å². The van der Waals surface area contributed by atoms with Crippen molar-refractivity contribution in [2.75, 3.05) is 18.4 Å². The lowest BCUT2D eigenvalue weighted by Gasteiger charge is -2.08. The van der Waals surface area contributed by atoms with E-state index in [-0.39, 0.29) is 6.10 Å². The molecule has 0 saturated heterocycles. The highest BCUT2D eigenvalue weighted by atomic mass is 32.1. The fourth-order valence-corrected chi connectivity index (χ4v) is 2.54. The van der Waals surface area contributed by atoms with Gasteiger partial charge in [-0.05, 0) is 45.0 Å². The van der Waals surface area contributed by atoms with Crippen molar-refractivity contribution in [2.24, 2.45) is 5.73 Å². The molecule has 4 nitrogen and oxygen atoms in total. The molecular weight excluding hydrogens is 246 g/mol. The van der Waals surface area contributed by atoms with Gasteiger partial charge < -0.3 is 15.8 Å². The maximum absolute atomic E-state index is 5.67. The van der Waals surface area contributed by atoms with Gasteiger partial charge in [-0.25, -0.2) is 4.98 Å². The molecule has 0 spiro atoms. The SMILES string of the molecule is CC(C)Oc1ccc2nc(NCCCN)sc2c1. The number of hydrogen-bond acceptors (Lipinski definition) is 5. The van der Waals surface area contributed by atoms with E-state index in [0.717, 1.165) is 34.1 Å². The van der Waals surface area contributed by atoms with Crippen LogP contribution in [0.25, 0.3) is 10.2 Å². The molecule has 0 bridgehead atoms. The van der Waals surface area contributed by atoms with E-state index in [0.29, 0.717) is 6.54 Å². The molecular formula is C13H19N3OS. The Morgan fingerprint density at radius 2 is 2.28 bits per heavy atom. The lowest BCUT2D eigenvalue weighted by molar-refractivity contribution is 0.243. The van der Waals surface area contributed by atoms with Crippen molar-refractivity contribution in [1.82, 2.24) is 4.98 Å². The Bertz CT molecular complexity index is 510. The average molecular weight is 265 g/mol. The first-order valence-corrected chi connectivity index (χ1v) is 7.02. The molecule has 2 aromatic rings. The van der Waals surface area contributed by atoms with Crippen LogP contribution >= 0.6 is 11.3 Å². The third kappa shape index (κ3) is 3.34. The number of benzene rings is 1. The lowest BCUT2D eigenvalue weighted by Crippen LogP contribution is -2.07. The minimum Gasteiger partial charge on any atom is -0.491 e. The number of thiazole rings is 1. The largest absolute Gasteiger partial charge is 0.491 e. The predicted molar refractivity (Wildman–Crippen MR) is 77.5 cm³/mol. The van der Waals surface area contributed by atoms with E-state index in [9.17, 15) is 0 Å². The smallest absolute Gasteiger partial charge is 0.183 e. The van der Waals surface area contributed by atoms with E-state index < -0.39 is 0 Å². The van der Waals surface area contributed by atoms with Crippen LogP contribution in [-0.2, 0) is 0 Å². The van der Waals surface area contributed by atoms with Gasteiger partial charge in [-0.15, -0.1) is 0 Å². The van der Waals surface area contributed by atoms with E-state index >= 15 is 0 Å². The van der Waals surface area contributed by atoms with Crippen LogP contribution in [0.1, 0.15) is 20.3 Å². The molecule has 0 aliphatic carbocycles. The van der Waals surface area contributed by atoms with Gasteiger partial charge in [0.1, 0.15) is 5.75 Å². The number of aromatic nitrogens is 1. The third-order valence-electron chi connectivity index (χ3n) is 2.39. The molecule has 0 amide bonds. The maximum Gasteiger partial charge on any atom is 0.183 e. The van der Waals surface area contributed by atoms with Gasteiger partial charge in [0.15, 0.2) is 5.13 Å². The summed E-state index contributed by atoms with van der Waals surface area (Å²) in [6.07, 6.45) is 1.15. The Balaban J connectivity index is 2.12.